The molecule has 1 amide bonds. The molecule has 0 radical (unpaired) electrons. The monoisotopic (exact) mass is 384 g/mol. The fourth-order valence-electron chi connectivity index (χ4n) is 2.11. The highest BCUT2D eigenvalue weighted by molar-refractivity contribution is 8.00. The summed E-state index contributed by atoms with van der Waals surface area (Å²) in [6.07, 6.45) is -4.63. The maximum Gasteiger partial charge on any atom is 0.453 e. The third-order valence-electron chi connectivity index (χ3n) is 3.33. The summed E-state index contributed by atoms with van der Waals surface area (Å²) in [5.74, 6) is 3.66. The number of nitrogen functional groups attached to an aromatic ring is 1. The van der Waals surface area contributed by atoms with Gasteiger partial charge in [-0.05, 0) is 19.1 Å². The standard InChI is InChI=1S/C15H15F3N6OS/c1-10(26-14-22-21-13(24(14)20)15(16,17)18)12(25)23(9-5-8-19)11-6-3-2-4-7-11/h2-4,6-7,10H,5,9,20H2,1H3. The van der Waals surface area contributed by atoms with Crippen LogP contribution < -0.4 is 10.7 Å². The van der Waals surface area contributed by atoms with E-state index in [2.05, 4.69) is 10.2 Å². The molecule has 2 rings (SSSR count). The van der Waals surface area contributed by atoms with Crippen molar-refractivity contribution < 1.29 is 18.0 Å². The predicted octanol–water partition coefficient (Wildman–Crippen LogP) is 2.44. The second-order valence-corrected chi connectivity index (χ2v) is 6.48. The Bertz CT molecular complexity index is 802. The van der Waals surface area contributed by atoms with Crippen LogP contribution in [0.15, 0.2) is 35.5 Å². The van der Waals surface area contributed by atoms with Crippen molar-refractivity contribution in [2.75, 3.05) is 17.3 Å². The molecular formula is C15H15F3N6OS. The number of anilines is 1. The lowest BCUT2D eigenvalue weighted by molar-refractivity contribution is -0.146. The van der Waals surface area contributed by atoms with Crippen molar-refractivity contribution in [3.63, 3.8) is 0 Å². The van der Waals surface area contributed by atoms with Gasteiger partial charge in [-0.25, -0.2) is 4.68 Å². The van der Waals surface area contributed by atoms with Crippen molar-refractivity contribution >= 4 is 23.4 Å². The zero-order chi connectivity index (χ0) is 19.3. The van der Waals surface area contributed by atoms with Crippen LogP contribution in [0.4, 0.5) is 18.9 Å². The molecule has 0 saturated carbocycles. The Labute approximate surface area is 151 Å². The Morgan fingerprint density at radius 2 is 2.04 bits per heavy atom. The lowest BCUT2D eigenvalue weighted by atomic mass is 10.2. The SMILES string of the molecule is CC(Sc1nnc(C(F)(F)F)n1N)C(=O)N(CCC#N)c1ccccc1. The van der Waals surface area contributed by atoms with Gasteiger partial charge >= 0.3 is 6.18 Å². The molecule has 1 atom stereocenters. The summed E-state index contributed by atoms with van der Waals surface area (Å²) in [7, 11) is 0. The van der Waals surface area contributed by atoms with E-state index < -0.39 is 17.3 Å². The van der Waals surface area contributed by atoms with Gasteiger partial charge in [-0.15, -0.1) is 10.2 Å². The van der Waals surface area contributed by atoms with E-state index >= 15 is 0 Å². The second kappa shape index (κ2) is 8.09. The third kappa shape index (κ3) is 4.45. The summed E-state index contributed by atoms with van der Waals surface area (Å²) in [6.45, 7) is 1.69. The average molecular weight is 384 g/mol. The van der Waals surface area contributed by atoms with Gasteiger partial charge in [0, 0.05) is 12.2 Å². The minimum absolute atomic E-state index is 0.114. The van der Waals surface area contributed by atoms with E-state index in [4.69, 9.17) is 11.1 Å². The molecule has 1 unspecified atom stereocenters. The molecule has 0 fully saturated rings. The first-order valence-electron chi connectivity index (χ1n) is 7.43. The molecule has 26 heavy (non-hydrogen) atoms. The number of nitriles is 1. The fraction of sp³-hybridized carbons (Fsp3) is 0.333. The fourth-order valence-corrected chi connectivity index (χ4v) is 2.95. The number of para-hydroxylation sites is 1. The Morgan fingerprint density at radius 1 is 1.38 bits per heavy atom. The van der Waals surface area contributed by atoms with Crippen LogP contribution in [0.2, 0.25) is 0 Å². The Balaban J connectivity index is 2.19. The number of benzene rings is 1. The number of rotatable bonds is 6. The highest BCUT2D eigenvalue weighted by Gasteiger charge is 2.38. The van der Waals surface area contributed by atoms with Crippen LogP contribution in [-0.2, 0) is 11.0 Å². The molecule has 1 aromatic heterocycles. The first-order chi connectivity index (χ1) is 12.3. The summed E-state index contributed by atoms with van der Waals surface area (Å²) in [5, 5.41) is 14.2. The highest BCUT2D eigenvalue weighted by Crippen LogP contribution is 2.30. The van der Waals surface area contributed by atoms with Crippen LogP contribution in [0.1, 0.15) is 19.2 Å². The van der Waals surface area contributed by atoms with Gasteiger partial charge < -0.3 is 10.7 Å². The normalized spacial score (nSPS) is 12.4. The summed E-state index contributed by atoms with van der Waals surface area (Å²) in [5.41, 5.74) is 0.588. The molecule has 0 saturated heterocycles. The first-order valence-corrected chi connectivity index (χ1v) is 8.31. The topological polar surface area (TPSA) is 101 Å². The summed E-state index contributed by atoms with van der Waals surface area (Å²) in [6, 6.07) is 10.7. The van der Waals surface area contributed by atoms with E-state index in [1.54, 1.807) is 30.3 Å². The van der Waals surface area contributed by atoms with Gasteiger partial charge in [-0.3, -0.25) is 4.79 Å². The number of nitrogens with two attached hydrogens (primary N) is 1. The number of halogens is 3. The number of nitrogens with zero attached hydrogens (tertiary/aromatic N) is 5. The van der Waals surface area contributed by atoms with Crippen molar-refractivity contribution in [2.24, 2.45) is 0 Å². The molecule has 0 aliphatic carbocycles. The predicted molar refractivity (Wildman–Crippen MR) is 89.5 cm³/mol. The minimum Gasteiger partial charge on any atom is -0.335 e. The number of aromatic nitrogens is 3. The van der Waals surface area contributed by atoms with E-state index in [0.29, 0.717) is 10.4 Å². The highest BCUT2D eigenvalue weighted by atomic mass is 32.2. The molecule has 1 aromatic carbocycles. The van der Waals surface area contributed by atoms with Gasteiger partial charge in [0.2, 0.25) is 11.1 Å². The van der Waals surface area contributed by atoms with Crippen LogP contribution in [-0.4, -0.2) is 32.6 Å². The molecule has 0 aliphatic rings. The zero-order valence-electron chi connectivity index (χ0n) is 13.6. The smallest absolute Gasteiger partial charge is 0.335 e. The van der Waals surface area contributed by atoms with Gasteiger partial charge in [0.25, 0.3) is 5.82 Å². The van der Waals surface area contributed by atoms with Crippen molar-refractivity contribution in [3.8, 4) is 6.07 Å². The number of amides is 1. The quantitative estimate of drug-likeness (QED) is 0.606. The van der Waals surface area contributed by atoms with Gasteiger partial charge in [-0.1, -0.05) is 30.0 Å². The molecule has 0 spiro atoms. The number of hydrogen-bond donors (Lipinski definition) is 1. The van der Waals surface area contributed by atoms with Crippen LogP contribution in [0.3, 0.4) is 0 Å². The van der Waals surface area contributed by atoms with Crippen LogP contribution in [0, 0.1) is 11.3 Å². The van der Waals surface area contributed by atoms with Gasteiger partial charge in [0.05, 0.1) is 17.7 Å². The number of thioether (sulfide) groups is 1. The molecule has 7 nitrogen and oxygen atoms in total. The zero-order valence-corrected chi connectivity index (χ0v) is 14.5. The summed E-state index contributed by atoms with van der Waals surface area (Å²) >= 11 is 0.762. The lowest BCUT2D eigenvalue weighted by Crippen LogP contribution is -2.37. The maximum absolute atomic E-state index is 12.7. The summed E-state index contributed by atoms with van der Waals surface area (Å²) < 4.78 is 38.5. The van der Waals surface area contributed by atoms with E-state index in [1.807, 2.05) is 6.07 Å². The van der Waals surface area contributed by atoms with Crippen LogP contribution in [0.25, 0.3) is 0 Å². The second-order valence-electron chi connectivity index (χ2n) is 5.17. The van der Waals surface area contributed by atoms with Crippen molar-refractivity contribution in [1.82, 2.24) is 14.9 Å². The average Bonchev–Trinajstić information content (AvgIpc) is 2.96. The molecule has 2 N–H and O–H groups in total. The lowest BCUT2D eigenvalue weighted by Gasteiger charge is -2.24. The van der Waals surface area contributed by atoms with E-state index in [9.17, 15) is 18.0 Å². The Kier molecular flexibility index (Phi) is 6.10. The largest absolute Gasteiger partial charge is 0.453 e. The van der Waals surface area contributed by atoms with E-state index in [1.165, 1.54) is 11.8 Å². The van der Waals surface area contributed by atoms with Gasteiger partial charge in [0.1, 0.15) is 0 Å². The molecular weight excluding hydrogens is 369 g/mol. The number of hydrogen-bond acceptors (Lipinski definition) is 6. The number of carbonyl (C=O) groups excluding carboxylic acids is 1. The summed E-state index contributed by atoms with van der Waals surface area (Å²) in [4.78, 5) is 14.1. The molecule has 138 valence electrons. The van der Waals surface area contributed by atoms with Crippen LogP contribution >= 0.6 is 11.8 Å². The van der Waals surface area contributed by atoms with Crippen molar-refractivity contribution in [1.29, 1.82) is 5.26 Å². The van der Waals surface area contributed by atoms with E-state index in [0.717, 1.165) is 11.8 Å². The Morgan fingerprint density at radius 3 is 2.58 bits per heavy atom. The third-order valence-corrected chi connectivity index (χ3v) is 4.37. The van der Waals surface area contributed by atoms with Gasteiger partial charge in [-0.2, -0.15) is 18.4 Å². The van der Waals surface area contributed by atoms with Crippen molar-refractivity contribution in [3.05, 3.63) is 36.2 Å². The number of alkyl halides is 3. The minimum atomic E-state index is -4.74. The van der Waals surface area contributed by atoms with Crippen molar-refractivity contribution in [2.45, 2.75) is 29.9 Å². The van der Waals surface area contributed by atoms with Crippen LogP contribution in [0.5, 0.6) is 0 Å². The maximum atomic E-state index is 12.7. The molecule has 0 aliphatic heterocycles. The molecule has 0 bridgehead atoms. The van der Waals surface area contributed by atoms with E-state index in [-0.39, 0.29) is 24.0 Å². The Hall–Kier alpha value is -2.74. The van der Waals surface area contributed by atoms with Gasteiger partial charge in [0.15, 0.2) is 0 Å². The molecule has 11 heteroatoms. The molecule has 2 aromatic rings. The molecule has 1 heterocycles. The first kappa shape index (κ1) is 19.6. The number of carbonyl (C=O) groups is 1.